The van der Waals surface area contributed by atoms with Gasteiger partial charge in [-0.25, -0.2) is 8.78 Å². The van der Waals surface area contributed by atoms with E-state index in [2.05, 4.69) is 5.32 Å². The fourth-order valence-corrected chi connectivity index (χ4v) is 1.22. The van der Waals surface area contributed by atoms with E-state index < -0.39 is 24.4 Å². The summed E-state index contributed by atoms with van der Waals surface area (Å²) >= 11 is 0. The van der Waals surface area contributed by atoms with Crippen LogP contribution in [-0.4, -0.2) is 19.3 Å². The van der Waals surface area contributed by atoms with Crippen LogP contribution in [0.25, 0.3) is 0 Å². The van der Waals surface area contributed by atoms with E-state index in [0.717, 1.165) is 12.1 Å². The highest BCUT2D eigenvalue weighted by Crippen LogP contribution is 2.12. The Morgan fingerprint density at radius 2 is 1.56 bits per heavy atom. The summed E-state index contributed by atoms with van der Waals surface area (Å²) in [6, 6.07) is 2.91. The Hall–Kier alpha value is -1.17. The molecule has 0 fully saturated rings. The number of hydrogen-bond acceptors (Lipinski definition) is 1. The van der Waals surface area contributed by atoms with Crippen molar-refractivity contribution < 1.29 is 22.0 Å². The van der Waals surface area contributed by atoms with Crippen molar-refractivity contribution >= 4 is 0 Å². The first-order valence-corrected chi connectivity index (χ1v) is 4.59. The third-order valence-corrected chi connectivity index (χ3v) is 1.84. The Morgan fingerprint density at radius 3 is 2.06 bits per heavy atom. The zero-order valence-corrected chi connectivity index (χ0v) is 8.24. The summed E-state index contributed by atoms with van der Waals surface area (Å²) < 4.78 is 60.6. The van der Waals surface area contributed by atoms with Crippen LogP contribution in [0.4, 0.5) is 22.0 Å². The molecule has 1 N–H and O–H groups in total. The minimum absolute atomic E-state index is 0.0163. The van der Waals surface area contributed by atoms with Gasteiger partial charge in [0.1, 0.15) is 11.6 Å². The van der Waals surface area contributed by atoms with Gasteiger partial charge in [-0.05, 0) is 30.7 Å². The van der Waals surface area contributed by atoms with Gasteiger partial charge in [-0.15, -0.1) is 0 Å². The highest BCUT2D eigenvalue weighted by molar-refractivity contribution is 5.18. The molecule has 0 aliphatic heterocycles. The molecular weight excluding hydrogens is 229 g/mol. The third kappa shape index (κ3) is 5.06. The van der Waals surface area contributed by atoms with Gasteiger partial charge < -0.3 is 5.32 Å². The minimum atomic E-state index is -4.27. The van der Waals surface area contributed by atoms with E-state index in [-0.39, 0.29) is 13.0 Å². The molecule has 1 aromatic carbocycles. The van der Waals surface area contributed by atoms with Crippen molar-refractivity contribution in [3.05, 3.63) is 35.4 Å². The molecule has 1 nitrogen and oxygen atoms in total. The fourth-order valence-electron chi connectivity index (χ4n) is 1.22. The van der Waals surface area contributed by atoms with Gasteiger partial charge in [0.25, 0.3) is 0 Å². The maximum absolute atomic E-state index is 12.7. The summed E-state index contributed by atoms with van der Waals surface area (Å²) in [5, 5.41) is 2.14. The summed E-state index contributed by atoms with van der Waals surface area (Å²) in [6.07, 6.45) is -4.13. The molecule has 0 atom stereocenters. The van der Waals surface area contributed by atoms with E-state index in [0.29, 0.717) is 11.6 Å². The molecule has 16 heavy (non-hydrogen) atoms. The second kappa shape index (κ2) is 5.25. The van der Waals surface area contributed by atoms with Crippen LogP contribution in [0, 0.1) is 11.6 Å². The smallest absolute Gasteiger partial charge is 0.308 e. The molecule has 0 unspecified atom stereocenters. The lowest BCUT2D eigenvalue weighted by atomic mass is 10.1. The summed E-state index contributed by atoms with van der Waals surface area (Å²) in [7, 11) is 0. The van der Waals surface area contributed by atoms with E-state index >= 15 is 0 Å². The number of nitrogens with one attached hydrogen (secondary N) is 1. The maximum Gasteiger partial charge on any atom is 0.401 e. The number of halogens is 5. The normalized spacial score (nSPS) is 11.8. The molecule has 1 rings (SSSR count). The predicted molar refractivity (Wildman–Crippen MR) is 49.0 cm³/mol. The van der Waals surface area contributed by atoms with Gasteiger partial charge in [0, 0.05) is 6.07 Å². The first-order valence-electron chi connectivity index (χ1n) is 4.59. The Kier molecular flexibility index (Phi) is 4.23. The third-order valence-electron chi connectivity index (χ3n) is 1.84. The fraction of sp³-hybridized carbons (Fsp3) is 0.400. The van der Waals surface area contributed by atoms with E-state index in [1.54, 1.807) is 0 Å². The van der Waals surface area contributed by atoms with Crippen molar-refractivity contribution in [2.24, 2.45) is 0 Å². The Morgan fingerprint density at radius 1 is 1.00 bits per heavy atom. The van der Waals surface area contributed by atoms with Gasteiger partial charge in [-0.2, -0.15) is 13.2 Å². The van der Waals surface area contributed by atoms with Crippen molar-refractivity contribution in [3.63, 3.8) is 0 Å². The molecule has 0 bridgehead atoms. The summed E-state index contributed by atoms with van der Waals surface area (Å²) in [5.74, 6) is -1.46. The molecular formula is C10H10F5N. The van der Waals surface area contributed by atoms with Crippen LogP contribution in [0.5, 0.6) is 0 Å². The first kappa shape index (κ1) is 12.9. The maximum atomic E-state index is 12.7. The lowest BCUT2D eigenvalue weighted by Gasteiger charge is -2.08. The molecule has 0 aliphatic carbocycles. The van der Waals surface area contributed by atoms with E-state index in [9.17, 15) is 22.0 Å². The van der Waals surface area contributed by atoms with Crippen LogP contribution in [0.1, 0.15) is 5.56 Å². The zero-order valence-electron chi connectivity index (χ0n) is 8.24. The minimum Gasteiger partial charge on any atom is -0.308 e. The molecule has 0 heterocycles. The lowest BCUT2D eigenvalue weighted by molar-refractivity contribution is -0.124. The standard InChI is InChI=1S/C10H10F5N/c11-8-3-7(4-9(12)5-8)1-2-16-6-10(13,14)15/h3-5,16H,1-2,6H2. The number of alkyl halides is 3. The second-order valence-electron chi connectivity index (χ2n) is 3.32. The molecule has 0 radical (unpaired) electrons. The summed E-state index contributed by atoms with van der Waals surface area (Å²) in [5.41, 5.74) is 0.326. The van der Waals surface area contributed by atoms with Gasteiger partial charge in [-0.1, -0.05) is 0 Å². The summed E-state index contributed by atoms with van der Waals surface area (Å²) in [4.78, 5) is 0. The lowest BCUT2D eigenvalue weighted by Crippen LogP contribution is -2.30. The van der Waals surface area contributed by atoms with Crippen molar-refractivity contribution in [3.8, 4) is 0 Å². The van der Waals surface area contributed by atoms with E-state index in [1.165, 1.54) is 0 Å². The summed E-state index contributed by atoms with van der Waals surface area (Å²) in [6.45, 7) is -1.09. The quantitative estimate of drug-likeness (QED) is 0.629. The largest absolute Gasteiger partial charge is 0.401 e. The van der Waals surface area contributed by atoms with Crippen molar-refractivity contribution in [1.82, 2.24) is 5.32 Å². The Balaban J connectivity index is 2.37. The molecule has 0 saturated carbocycles. The van der Waals surface area contributed by atoms with Gasteiger partial charge >= 0.3 is 6.18 Å². The second-order valence-corrected chi connectivity index (χ2v) is 3.32. The van der Waals surface area contributed by atoms with E-state index in [4.69, 9.17) is 0 Å². The van der Waals surface area contributed by atoms with Crippen LogP contribution >= 0.6 is 0 Å². The zero-order chi connectivity index (χ0) is 12.2. The van der Waals surface area contributed by atoms with Crippen molar-refractivity contribution in [1.29, 1.82) is 0 Å². The Labute approximate surface area is 89.3 Å². The van der Waals surface area contributed by atoms with Gasteiger partial charge in [-0.3, -0.25) is 0 Å². The van der Waals surface area contributed by atoms with Crippen molar-refractivity contribution in [2.75, 3.05) is 13.1 Å². The van der Waals surface area contributed by atoms with Crippen LogP contribution in [0.2, 0.25) is 0 Å². The van der Waals surface area contributed by atoms with Gasteiger partial charge in [0.15, 0.2) is 0 Å². The predicted octanol–water partition coefficient (Wildman–Crippen LogP) is 2.66. The van der Waals surface area contributed by atoms with Crippen LogP contribution in [-0.2, 0) is 6.42 Å². The average Bonchev–Trinajstić information content (AvgIpc) is 2.09. The molecule has 90 valence electrons. The number of rotatable bonds is 4. The van der Waals surface area contributed by atoms with Gasteiger partial charge in [0.05, 0.1) is 6.54 Å². The molecule has 0 amide bonds. The molecule has 0 aliphatic rings. The molecule has 0 aromatic heterocycles. The molecule has 0 saturated heterocycles. The number of hydrogen-bond donors (Lipinski definition) is 1. The monoisotopic (exact) mass is 239 g/mol. The average molecular weight is 239 g/mol. The van der Waals surface area contributed by atoms with E-state index in [1.807, 2.05) is 0 Å². The SMILES string of the molecule is Fc1cc(F)cc(CCNCC(F)(F)F)c1. The molecule has 6 heteroatoms. The highest BCUT2D eigenvalue weighted by atomic mass is 19.4. The number of benzene rings is 1. The van der Waals surface area contributed by atoms with Crippen LogP contribution in [0.3, 0.4) is 0 Å². The van der Waals surface area contributed by atoms with Crippen molar-refractivity contribution in [2.45, 2.75) is 12.6 Å². The highest BCUT2D eigenvalue weighted by Gasteiger charge is 2.25. The van der Waals surface area contributed by atoms with Crippen LogP contribution in [0.15, 0.2) is 18.2 Å². The topological polar surface area (TPSA) is 12.0 Å². The van der Waals surface area contributed by atoms with Crippen LogP contribution < -0.4 is 5.32 Å². The molecule has 0 spiro atoms. The molecule has 1 aromatic rings. The Bertz CT molecular complexity index is 327. The first-order chi connectivity index (χ1) is 7.37. The van der Waals surface area contributed by atoms with Gasteiger partial charge in [0.2, 0.25) is 0 Å².